The van der Waals surface area contributed by atoms with Crippen molar-refractivity contribution >= 4 is 17.5 Å². The van der Waals surface area contributed by atoms with E-state index in [1.165, 1.54) is 19.3 Å². The largest absolute Gasteiger partial charge is 0.494 e. The topological polar surface area (TPSA) is 79.4 Å². The fourth-order valence-electron chi connectivity index (χ4n) is 3.43. The van der Waals surface area contributed by atoms with Crippen LogP contribution in [0.2, 0.25) is 0 Å². The number of carbonyl (C=O) groups is 1. The standard InChI is InChI=1S/C23H33N5O2/c1-3-4-16-30-20-10-8-19(9-11-20)23(29)25-13-12-24-21-17-22(27-18(2)26-21)28-14-6-5-7-15-28/h8-11,17H,3-7,12-16H2,1-2H3,(H,25,29)(H,24,26,27). The smallest absolute Gasteiger partial charge is 0.251 e. The highest BCUT2D eigenvalue weighted by Crippen LogP contribution is 2.20. The van der Waals surface area contributed by atoms with E-state index in [0.717, 1.165) is 49.1 Å². The third kappa shape index (κ3) is 6.61. The molecule has 1 aromatic carbocycles. The number of anilines is 2. The van der Waals surface area contributed by atoms with Gasteiger partial charge in [0.1, 0.15) is 23.2 Å². The summed E-state index contributed by atoms with van der Waals surface area (Å²) in [4.78, 5) is 23.7. The van der Waals surface area contributed by atoms with Crippen LogP contribution in [0.25, 0.3) is 0 Å². The lowest BCUT2D eigenvalue weighted by Crippen LogP contribution is -2.31. The monoisotopic (exact) mass is 411 g/mol. The van der Waals surface area contributed by atoms with E-state index in [0.29, 0.717) is 25.3 Å². The Morgan fingerprint density at radius 1 is 1.10 bits per heavy atom. The number of nitrogens with zero attached hydrogens (tertiary/aromatic N) is 3. The predicted octanol–water partition coefficient (Wildman–Crippen LogP) is 3.80. The summed E-state index contributed by atoms with van der Waals surface area (Å²) in [5.74, 6) is 3.24. The van der Waals surface area contributed by atoms with Gasteiger partial charge in [0, 0.05) is 37.8 Å². The van der Waals surface area contributed by atoms with Gasteiger partial charge in [0.05, 0.1) is 6.61 Å². The minimum atomic E-state index is -0.0928. The van der Waals surface area contributed by atoms with Gasteiger partial charge in [-0.05, 0) is 56.9 Å². The number of amides is 1. The molecule has 162 valence electrons. The lowest BCUT2D eigenvalue weighted by atomic mass is 10.1. The summed E-state index contributed by atoms with van der Waals surface area (Å²) in [6, 6.07) is 9.27. The second-order valence-electron chi connectivity index (χ2n) is 7.62. The summed E-state index contributed by atoms with van der Waals surface area (Å²) in [6.07, 6.45) is 5.84. The van der Waals surface area contributed by atoms with Crippen LogP contribution in [-0.2, 0) is 0 Å². The first kappa shape index (κ1) is 21.9. The number of hydrogen-bond acceptors (Lipinski definition) is 6. The molecule has 1 saturated heterocycles. The fourth-order valence-corrected chi connectivity index (χ4v) is 3.43. The number of ether oxygens (including phenoxy) is 1. The van der Waals surface area contributed by atoms with E-state index in [2.05, 4.69) is 32.4 Å². The highest BCUT2D eigenvalue weighted by atomic mass is 16.5. The lowest BCUT2D eigenvalue weighted by Gasteiger charge is -2.28. The third-order valence-corrected chi connectivity index (χ3v) is 5.10. The van der Waals surface area contributed by atoms with Gasteiger partial charge in [-0.3, -0.25) is 4.79 Å². The van der Waals surface area contributed by atoms with Crippen molar-refractivity contribution in [1.29, 1.82) is 0 Å². The molecule has 0 bridgehead atoms. The van der Waals surface area contributed by atoms with Gasteiger partial charge in [0.2, 0.25) is 0 Å². The Hall–Kier alpha value is -2.83. The number of benzene rings is 1. The number of carbonyl (C=O) groups excluding carboxylic acids is 1. The predicted molar refractivity (Wildman–Crippen MR) is 121 cm³/mol. The van der Waals surface area contributed by atoms with E-state index in [-0.39, 0.29) is 5.91 Å². The minimum Gasteiger partial charge on any atom is -0.494 e. The Morgan fingerprint density at radius 3 is 2.60 bits per heavy atom. The second-order valence-corrected chi connectivity index (χ2v) is 7.62. The van der Waals surface area contributed by atoms with Crippen LogP contribution in [0.4, 0.5) is 11.6 Å². The van der Waals surface area contributed by atoms with Gasteiger partial charge in [0.15, 0.2) is 0 Å². The molecule has 7 nitrogen and oxygen atoms in total. The normalized spacial score (nSPS) is 13.7. The first-order valence-corrected chi connectivity index (χ1v) is 11.0. The number of rotatable bonds is 10. The van der Waals surface area contributed by atoms with Gasteiger partial charge in [-0.15, -0.1) is 0 Å². The Balaban J connectivity index is 1.44. The van der Waals surface area contributed by atoms with E-state index >= 15 is 0 Å². The van der Waals surface area contributed by atoms with Gasteiger partial charge in [0.25, 0.3) is 5.91 Å². The molecule has 2 heterocycles. The van der Waals surface area contributed by atoms with Crippen LogP contribution in [0.1, 0.15) is 55.2 Å². The number of nitrogens with one attached hydrogen (secondary N) is 2. The average Bonchev–Trinajstić information content (AvgIpc) is 2.77. The maximum atomic E-state index is 12.3. The molecule has 30 heavy (non-hydrogen) atoms. The molecular weight excluding hydrogens is 378 g/mol. The molecule has 0 saturated carbocycles. The van der Waals surface area contributed by atoms with Crippen molar-refractivity contribution in [1.82, 2.24) is 15.3 Å². The average molecular weight is 412 g/mol. The maximum absolute atomic E-state index is 12.3. The Labute approximate surface area is 179 Å². The molecule has 1 aliphatic rings. The summed E-state index contributed by atoms with van der Waals surface area (Å²) >= 11 is 0. The molecule has 0 radical (unpaired) electrons. The molecule has 1 amide bonds. The van der Waals surface area contributed by atoms with Crippen molar-refractivity contribution in [3.63, 3.8) is 0 Å². The van der Waals surface area contributed by atoms with Crippen LogP contribution in [0.3, 0.4) is 0 Å². The summed E-state index contributed by atoms with van der Waals surface area (Å²) in [7, 11) is 0. The summed E-state index contributed by atoms with van der Waals surface area (Å²) < 4.78 is 5.63. The Bertz CT molecular complexity index is 804. The van der Waals surface area contributed by atoms with E-state index in [1.807, 2.05) is 25.1 Å². The molecule has 2 aromatic rings. The molecule has 2 N–H and O–H groups in total. The van der Waals surface area contributed by atoms with Crippen LogP contribution < -0.4 is 20.3 Å². The zero-order valence-electron chi connectivity index (χ0n) is 18.1. The molecular formula is C23H33N5O2. The number of unbranched alkanes of at least 4 members (excludes halogenated alkanes) is 1. The summed E-state index contributed by atoms with van der Waals surface area (Å²) in [5.41, 5.74) is 0.628. The first-order chi connectivity index (χ1) is 14.7. The molecule has 0 aliphatic carbocycles. The number of piperidine rings is 1. The number of hydrogen-bond donors (Lipinski definition) is 2. The van der Waals surface area contributed by atoms with E-state index < -0.39 is 0 Å². The van der Waals surface area contributed by atoms with Crippen LogP contribution in [0, 0.1) is 6.92 Å². The molecule has 0 atom stereocenters. The van der Waals surface area contributed by atoms with Crippen LogP contribution in [0.5, 0.6) is 5.75 Å². The van der Waals surface area contributed by atoms with E-state index in [9.17, 15) is 4.79 Å². The zero-order chi connectivity index (χ0) is 21.2. The molecule has 1 fully saturated rings. The summed E-state index contributed by atoms with van der Waals surface area (Å²) in [5, 5.41) is 6.23. The van der Waals surface area contributed by atoms with Crippen LogP contribution >= 0.6 is 0 Å². The molecule has 7 heteroatoms. The maximum Gasteiger partial charge on any atom is 0.251 e. The lowest BCUT2D eigenvalue weighted by molar-refractivity contribution is 0.0955. The van der Waals surface area contributed by atoms with Crippen molar-refractivity contribution < 1.29 is 9.53 Å². The van der Waals surface area contributed by atoms with Gasteiger partial charge < -0.3 is 20.3 Å². The summed E-state index contributed by atoms with van der Waals surface area (Å²) in [6.45, 7) is 7.95. The molecule has 3 rings (SSSR count). The third-order valence-electron chi connectivity index (χ3n) is 5.10. The van der Waals surface area contributed by atoms with Gasteiger partial charge in [-0.25, -0.2) is 9.97 Å². The van der Waals surface area contributed by atoms with Gasteiger partial charge >= 0.3 is 0 Å². The van der Waals surface area contributed by atoms with E-state index in [4.69, 9.17) is 4.74 Å². The highest BCUT2D eigenvalue weighted by molar-refractivity contribution is 5.94. The van der Waals surface area contributed by atoms with Crippen molar-refractivity contribution in [2.45, 2.75) is 46.0 Å². The number of aromatic nitrogens is 2. The number of aryl methyl sites for hydroxylation is 1. The van der Waals surface area contributed by atoms with Crippen LogP contribution in [0.15, 0.2) is 30.3 Å². The molecule has 0 unspecified atom stereocenters. The quantitative estimate of drug-likeness (QED) is 0.579. The van der Waals surface area contributed by atoms with Crippen molar-refractivity contribution in [3.8, 4) is 5.75 Å². The Kier molecular flexibility index (Phi) is 8.30. The van der Waals surface area contributed by atoms with Crippen molar-refractivity contribution in [3.05, 3.63) is 41.7 Å². The minimum absolute atomic E-state index is 0.0928. The second kappa shape index (κ2) is 11.4. The molecule has 1 aliphatic heterocycles. The fraction of sp³-hybridized carbons (Fsp3) is 0.522. The van der Waals surface area contributed by atoms with Gasteiger partial charge in [-0.1, -0.05) is 13.3 Å². The SMILES string of the molecule is CCCCOc1ccc(C(=O)NCCNc2cc(N3CCCCC3)nc(C)n2)cc1. The van der Waals surface area contributed by atoms with Crippen molar-refractivity contribution in [2.75, 3.05) is 43.0 Å². The zero-order valence-corrected chi connectivity index (χ0v) is 18.1. The molecule has 1 aromatic heterocycles. The van der Waals surface area contributed by atoms with E-state index in [1.54, 1.807) is 12.1 Å². The van der Waals surface area contributed by atoms with Crippen LogP contribution in [-0.4, -0.2) is 48.7 Å². The van der Waals surface area contributed by atoms with Gasteiger partial charge in [-0.2, -0.15) is 0 Å². The Morgan fingerprint density at radius 2 is 1.87 bits per heavy atom. The van der Waals surface area contributed by atoms with Crippen molar-refractivity contribution in [2.24, 2.45) is 0 Å². The first-order valence-electron chi connectivity index (χ1n) is 11.0. The molecule has 0 spiro atoms. The highest BCUT2D eigenvalue weighted by Gasteiger charge is 2.13.